The van der Waals surface area contributed by atoms with E-state index in [1.807, 2.05) is 54.6 Å². The van der Waals surface area contributed by atoms with Crippen LogP contribution in [0, 0.1) is 0 Å². The Morgan fingerprint density at radius 3 is 2.42 bits per heavy atom. The molecule has 0 unspecified atom stereocenters. The van der Waals surface area contributed by atoms with Crippen LogP contribution >= 0.6 is 0 Å². The zero-order chi connectivity index (χ0) is 17.9. The van der Waals surface area contributed by atoms with Crippen molar-refractivity contribution in [1.29, 1.82) is 0 Å². The molecule has 0 radical (unpaired) electrons. The first-order valence-corrected chi connectivity index (χ1v) is 9.43. The summed E-state index contributed by atoms with van der Waals surface area (Å²) < 4.78 is 0. The monoisotopic (exact) mass is 349 g/mol. The number of rotatable bonds is 5. The Kier molecular flexibility index (Phi) is 4.87. The Bertz CT molecular complexity index is 881. The minimum absolute atomic E-state index is 0.200. The minimum atomic E-state index is -1.05. The van der Waals surface area contributed by atoms with E-state index in [0.717, 1.165) is 42.4 Å². The second kappa shape index (κ2) is 7.44. The Balaban J connectivity index is 1.69. The normalized spacial score (nSPS) is 17.9. The van der Waals surface area contributed by atoms with Gasteiger partial charge in [-0.3, -0.25) is 4.79 Å². The van der Waals surface area contributed by atoms with Gasteiger partial charge in [0.05, 0.1) is 13.1 Å². The van der Waals surface area contributed by atoms with Gasteiger partial charge in [0.25, 0.3) is 0 Å². The third kappa shape index (κ3) is 3.18. The Labute approximate surface area is 153 Å². The van der Waals surface area contributed by atoms with Crippen molar-refractivity contribution < 1.29 is 14.8 Å². The highest BCUT2D eigenvalue weighted by Gasteiger charge is 2.37. The summed E-state index contributed by atoms with van der Waals surface area (Å²) in [6.45, 7) is 2.00. The number of hydrogen-bond donors (Lipinski definition) is 3. The number of ketones is 1. The summed E-state index contributed by atoms with van der Waals surface area (Å²) in [5.41, 5.74) is 2.53. The molecule has 0 saturated carbocycles. The van der Waals surface area contributed by atoms with Crippen LogP contribution in [0.25, 0.3) is 10.9 Å². The number of quaternary nitrogens is 1. The van der Waals surface area contributed by atoms with Crippen molar-refractivity contribution in [1.82, 2.24) is 4.98 Å². The fourth-order valence-electron chi connectivity index (χ4n) is 4.20. The van der Waals surface area contributed by atoms with E-state index in [2.05, 4.69) is 4.98 Å². The van der Waals surface area contributed by atoms with Crippen molar-refractivity contribution in [3.05, 3.63) is 71.9 Å². The first-order valence-electron chi connectivity index (χ1n) is 9.43. The Hall–Kier alpha value is -2.43. The van der Waals surface area contributed by atoms with Gasteiger partial charge in [-0.15, -0.1) is 0 Å². The number of nitrogens with one attached hydrogen (secondary N) is 2. The van der Waals surface area contributed by atoms with E-state index in [0.29, 0.717) is 5.56 Å². The van der Waals surface area contributed by atoms with Crippen LogP contribution in [0.3, 0.4) is 0 Å². The summed E-state index contributed by atoms with van der Waals surface area (Å²) in [5.74, 6) is -0.200. The number of benzene rings is 2. The summed E-state index contributed by atoms with van der Waals surface area (Å²) in [7, 11) is 0. The predicted molar refractivity (Wildman–Crippen MR) is 102 cm³/mol. The van der Waals surface area contributed by atoms with Gasteiger partial charge in [0.2, 0.25) is 0 Å². The molecule has 2 atom stereocenters. The van der Waals surface area contributed by atoms with Crippen molar-refractivity contribution in [2.24, 2.45) is 0 Å². The van der Waals surface area contributed by atoms with Crippen molar-refractivity contribution in [2.75, 3.05) is 13.1 Å². The molecule has 4 nitrogen and oxygen atoms in total. The highest BCUT2D eigenvalue weighted by Crippen LogP contribution is 2.23. The van der Waals surface area contributed by atoms with Crippen LogP contribution in [0.4, 0.5) is 0 Å². The molecule has 3 N–H and O–H groups in total. The lowest BCUT2D eigenvalue weighted by Gasteiger charge is -2.34. The smallest absolute Gasteiger partial charge is 0.199 e. The summed E-state index contributed by atoms with van der Waals surface area (Å²) in [6, 6.07) is 17.5. The summed E-state index contributed by atoms with van der Waals surface area (Å²) in [6.07, 6.45) is 4.20. The number of carbonyl (C=O) groups excluding carboxylic acids is 1. The molecule has 134 valence electrons. The molecular weight excluding hydrogens is 324 g/mol. The molecule has 1 saturated heterocycles. The number of aromatic amines is 1. The molecule has 4 heteroatoms. The average molecular weight is 349 g/mol. The molecule has 0 spiro atoms. The summed E-state index contributed by atoms with van der Waals surface area (Å²) in [4.78, 5) is 17.6. The molecule has 0 amide bonds. The number of fused-ring (bicyclic) bond motifs is 1. The molecule has 4 rings (SSSR count). The maximum Gasteiger partial charge on any atom is 0.199 e. The van der Waals surface area contributed by atoms with E-state index in [1.54, 1.807) is 6.20 Å². The maximum absolute atomic E-state index is 13.2. The molecular formula is C22H25N2O2+. The number of hydrogen-bond acceptors (Lipinski definition) is 2. The Morgan fingerprint density at radius 1 is 0.962 bits per heavy atom. The van der Waals surface area contributed by atoms with Crippen molar-refractivity contribution in [3.8, 4) is 0 Å². The van der Waals surface area contributed by atoms with Gasteiger partial charge in [-0.2, -0.15) is 0 Å². The van der Waals surface area contributed by atoms with Crippen LogP contribution in [0.5, 0.6) is 0 Å². The summed E-state index contributed by atoms with van der Waals surface area (Å²) in [5, 5.41) is 12.0. The second-order valence-corrected chi connectivity index (χ2v) is 7.16. The van der Waals surface area contributed by atoms with Gasteiger partial charge in [-0.1, -0.05) is 48.5 Å². The van der Waals surface area contributed by atoms with Gasteiger partial charge >= 0.3 is 0 Å². The van der Waals surface area contributed by atoms with E-state index in [4.69, 9.17) is 0 Å². The number of aliphatic hydroxyl groups is 1. The zero-order valence-corrected chi connectivity index (χ0v) is 14.8. The third-order valence-electron chi connectivity index (χ3n) is 5.53. The molecule has 2 heterocycles. The van der Waals surface area contributed by atoms with E-state index >= 15 is 0 Å². The van der Waals surface area contributed by atoms with Gasteiger partial charge in [-0.05, 0) is 25.3 Å². The predicted octanol–water partition coefficient (Wildman–Crippen LogP) is 2.52. The van der Waals surface area contributed by atoms with Gasteiger partial charge in [0.15, 0.2) is 11.9 Å². The molecule has 0 bridgehead atoms. The van der Waals surface area contributed by atoms with Crippen LogP contribution in [0.15, 0.2) is 60.8 Å². The van der Waals surface area contributed by atoms with Crippen molar-refractivity contribution >= 4 is 16.7 Å². The molecule has 1 fully saturated rings. The standard InChI is InChI=1S/C22H24N2O2/c25-21(18-15-23-19-12-6-5-11-17(18)19)22(26)20(16-9-3-1-4-10-16)24-13-7-2-8-14-24/h1,3-6,9-12,15,20,22-23,26H,2,7-8,13-14H2/p+1/t20-,22-/m1/s1. The first kappa shape index (κ1) is 17.0. The van der Waals surface area contributed by atoms with Crippen LogP contribution < -0.4 is 4.90 Å². The number of likely N-dealkylation sites (tertiary alicyclic amines) is 1. The van der Waals surface area contributed by atoms with E-state index in [1.165, 1.54) is 11.3 Å². The third-order valence-corrected chi connectivity index (χ3v) is 5.53. The molecule has 26 heavy (non-hydrogen) atoms. The van der Waals surface area contributed by atoms with Crippen LogP contribution in [-0.2, 0) is 0 Å². The molecule has 3 aromatic rings. The largest absolute Gasteiger partial charge is 0.379 e. The van der Waals surface area contributed by atoms with Gasteiger partial charge < -0.3 is 15.0 Å². The summed E-state index contributed by atoms with van der Waals surface area (Å²) >= 11 is 0. The Morgan fingerprint density at radius 2 is 1.65 bits per heavy atom. The topological polar surface area (TPSA) is 57.5 Å². The second-order valence-electron chi connectivity index (χ2n) is 7.16. The highest BCUT2D eigenvalue weighted by molar-refractivity contribution is 6.10. The van der Waals surface area contributed by atoms with Gasteiger partial charge in [-0.25, -0.2) is 0 Å². The number of carbonyl (C=O) groups is 1. The highest BCUT2D eigenvalue weighted by atomic mass is 16.3. The van der Waals surface area contributed by atoms with E-state index < -0.39 is 6.10 Å². The van der Waals surface area contributed by atoms with E-state index in [-0.39, 0.29) is 11.8 Å². The molecule has 1 aliphatic heterocycles. The number of aliphatic hydroxyl groups excluding tert-OH is 1. The minimum Gasteiger partial charge on any atom is -0.379 e. The molecule has 1 aromatic heterocycles. The van der Waals surface area contributed by atoms with E-state index in [9.17, 15) is 9.90 Å². The van der Waals surface area contributed by atoms with Crippen LogP contribution in [0.2, 0.25) is 0 Å². The average Bonchev–Trinajstić information content (AvgIpc) is 3.13. The number of piperidine rings is 1. The zero-order valence-electron chi connectivity index (χ0n) is 14.8. The lowest BCUT2D eigenvalue weighted by Crippen LogP contribution is -3.14. The van der Waals surface area contributed by atoms with Gasteiger partial charge in [0.1, 0.15) is 6.04 Å². The number of para-hydroxylation sites is 1. The van der Waals surface area contributed by atoms with Crippen molar-refractivity contribution in [3.63, 3.8) is 0 Å². The number of H-pyrrole nitrogens is 1. The van der Waals surface area contributed by atoms with Crippen molar-refractivity contribution in [2.45, 2.75) is 31.4 Å². The lowest BCUT2D eigenvalue weighted by atomic mass is 9.92. The SMILES string of the molecule is O=C(c1c[nH]c2ccccc12)[C@H](O)[C@@H](c1ccccc1)[NH+]1CCCCC1. The molecule has 1 aliphatic rings. The fraction of sp³-hybridized carbons (Fsp3) is 0.318. The quantitative estimate of drug-likeness (QED) is 0.620. The number of aromatic nitrogens is 1. The molecule has 0 aliphatic carbocycles. The lowest BCUT2D eigenvalue weighted by molar-refractivity contribution is -0.938. The van der Waals surface area contributed by atoms with Crippen LogP contribution in [-0.4, -0.2) is 35.1 Å². The van der Waals surface area contributed by atoms with Crippen LogP contribution in [0.1, 0.15) is 41.2 Å². The molecule has 2 aromatic carbocycles. The maximum atomic E-state index is 13.2. The number of Topliss-reactive ketones (excluding diaryl/α,β-unsaturated/α-hetero) is 1. The first-order chi connectivity index (χ1) is 12.8. The fourth-order valence-corrected chi connectivity index (χ4v) is 4.20. The van der Waals surface area contributed by atoms with Gasteiger partial charge in [0, 0.05) is 28.2 Å².